The van der Waals surface area contributed by atoms with Crippen LogP contribution in [0.25, 0.3) is 11.3 Å². The van der Waals surface area contributed by atoms with Crippen molar-refractivity contribution in [3.8, 4) is 17.0 Å². The molecule has 1 aliphatic carbocycles. The van der Waals surface area contributed by atoms with Crippen molar-refractivity contribution >= 4 is 5.82 Å². The second-order valence-corrected chi connectivity index (χ2v) is 8.00. The standard InChI is InChI=1S/C23H33N3O/c1-16(2)26(17(3)4)14-15-27-22-13-12-19(18-8-5-6-9-20(18)22)21-10-7-11-23(24)25-21/h7,10-13,16-17H,5-6,8-9,14-15H2,1-4H3,(H2,24,25). The highest BCUT2D eigenvalue weighted by Gasteiger charge is 2.20. The summed E-state index contributed by atoms with van der Waals surface area (Å²) in [5, 5.41) is 0. The summed E-state index contributed by atoms with van der Waals surface area (Å²) in [6.07, 6.45) is 4.61. The topological polar surface area (TPSA) is 51.4 Å². The van der Waals surface area contributed by atoms with Crippen LogP contribution in [0.4, 0.5) is 5.82 Å². The Morgan fingerprint density at radius 3 is 2.37 bits per heavy atom. The molecule has 0 fully saturated rings. The molecule has 0 bridgehead atoms. The molecule has 1 aliphatic rings. The van der Waals surface area contributed by atoms with Crippen molar-refractivity contribution in [2.75, 3.05) is 18.9 Å². The van der Waals surface area contributed by atoms with Crippen LogP contribution in [0.2, 0.25) is 0 Å². The van der Waals surface area contributed by atoms with Gasteiger partial charge < -0.3 is 10.5 Å². The lowest BCUT2D eigenvalue weighted by molar-refractivity contribution is 0.141. The summed E-state index contributed by atoms with van der Waals surface area (Å²) < 4.78 is 6.26. The van der Waals surface area contributed by atoms with Gasteiger partial charge in [-0.2, -0.15) is 0 Å². The number of anilines is 1. The zero-order chi connectivity index (χ0) is 19.4. The van der Waals surface area contributed by atoms with Gasteiger partial charge in [0, 0.05) is 24.2 Å². The van der Waals surface area contributed by atoms with Crippen molar-refractivity contribution in [1.29, 1.82) is 0 Å². The predicted molar refractivity (Wildman–Crippen MR) is 113 cm³/mol. The predicted octanol–water partition coefficient (Wildman–Crippen LogP) is 4.71. The normalized spacial score (nSPS) is 14.0. The highest BCUT2D eigenvalue weighted by molar-refractivity contribution is 5.69. The van der Waals surface area contributed by atoms with E-state index in [-0.39, 0.29) is 0 Å². The Hall–Kier alpha value is -2.07. The zero-order valence-corrected chi connectivity index (χ0v) is 17.2. The van der Waals surface area contributed by atoms with Crippen LogP contribution >= 0.6 is 0 Å². The van der Waals surface area contributed by atoms with Crippen LogP contribution in [0.1, 0.15) is 51.7 Å². The van der Waals surface area contributed by atoms with E-state index in [4.69, 9.17) is 10.5 Å². The van der Waals surface area contributed by atoms with E-state index in [1.54, 1.807) is 0 Å². The highest BCUT2D eigenvalue weighted by Crippen LogP contribution is 2.36. The molecule has 0 aliphatic heterocycles. The van der Waals surface area contributed by atoms with Crippen LogP contribution in [0, 0.1) is 0 Å². The van der Waals surface area contributed by atoms with Crippen molar-refractivity contribution in [3.05, 3.63) is 41.5 Å². The third-order valence-corrected chi connectivity index (χ3v) is 5.47. The maximum Gasteiger partial charge on any atom is 0.124 e. The molecule has 0 radical (unpaired) electrons. The fourth-order valence-electron chi connectivity index (χ4n) is 4.19. The van der Waals surface area contributed by atoms with E-state index < -0.39 is 0 Å². The monoisotopic (exact) mass is 367 g/mol. The van der Waals surface area contributed by atoms with E-state index in [1.165, 1.54) is 29.5 Å². The minimum atomic E-state index is 0.527. The van der Waals surface area contributed by atoms with Gasteiger partial charge >= 0.3 is 0 Å². The van der Waals surface area contributed by atoms with Crippen LogP contribution in [-0.4, -0.2) is 35.1 Å². The number of fused-ring (bicyclic) bond motifs is 1. The van der Waals surface area contributed by atoms with Crippen molar-refractivity contribution < 1.29 is 4.74 Å². The molecule has 1 aromatic heterocycles. The quantitative estimate of drug-likeness (QED) is 0.770. The maximum absolute atomic E-state index is 6.26. The second kappa shape index (κ2) is 8.75. The number of nitrogens with zero attached hydrogens (tertiary/aromatic N) is 2. The van der Waals surface area contributed by atoms with Gasteiger partial charge in [-0.05, 0) is 88.8 Å². The molecule has 0 amide bonds. The summed E-state index contributed by atoms with van der Waals surface area (Å²) in [6.45, 7) is 10.6. The molecule has 1 heterocycles. The molecule has 146 valence electrons. The summed E-state index contributed by atoms with van der Waals surface area (Å²) in [5.74, 6) is 1.62. The van der Waals surface area contributed by atoms with Crippen LogP contribution < -0.4 is 10.5 Å². The van der Waals surface area contributed by atoms with Gasteiger partial charge in [0.05, 0.1) is 5.69 Å². The average molecular weight is 368 g/mol. The minimum Gasteiger partial charge on any atom is -0.492 e. The number of nitrogens with two attached hydrogens (primary N) is 1. The van der Waals surface area contributed by atoms with Crippen LogP contribution in [-0.2, 0) is 12.8 Å². The molecule has 3 rings (SSSR count). The van der Waals surface area contributed by atoms with Crippen LogP contribution in [0.5, 0.6) is 5.75 Å². The largest absolute Gasteiger partial charge is 0.492 e. The van der Waals surface area contributed by atoms with Gasteiger partial charge in [-0.15, -0.1) is 0 Å². The molecule has 2 aromatic rings. The first-order valence-electron chi connectivity index (χ1n) is 10.2. The smallest absolute Gasteiger partial charge is 0.124 e. The lowest BCUT2D eigenvalue weighted by Gasteiger charge is -2.30. The molecule has 0 saturated carbocycles. The molecular weight excluding hydrogens is 334 g/mol. The van der Waals surface area contributed by atoms with Gasteiger partial charge in [0.25, 0.3) is 0 Å². The molecule has 0 atom stereocenters. The molecular formula is C23H33N3O. The van der Waals surface area contributed by atoms with Gasteiger partial charge in [-0.1, -0.05) is 6.07 Å². The molecule has 4 heteroatoms. The van der Waals surface area contributed by atoms with Crippen molar-refractivity contribution in [2.45, 2.75) is 65.5 Å². The number of aromatic nitrogens is 1. The summed E-state index contributed by atoms with van der Waals surface area (Å²) in [7, 11) is 0. The number of nitrogen functional groups attached to an aromatic ring is 1. The Labute approximate surface area is 163 Å². The summed E-state index contributed by atoms with van der Waals surface area (Å²) in [4.78, 5) is 7.01. The number of rotatable bonds is 7. The number of hydrogen-bond acceptors (Lipinski definition) is 4. The third-order valence-electron chi connectivity index (χ3n) is 5.47. The lowest BCUT2D eigenvalue weighted by atomic mass is 9.86. The zero-order valence-electron chi connectivity index (χ0n) is 17.2. The fourth-order valence-corrected chi connectivity index (χ4v) is 4.19. The van der Waals surface area contributed by atoms with Crippen molar-refractivity contribution in [1.82, 2.24) is 9.88 Å². The van der Waals surface area contributed by atoms with Gasteiger partial charge in [0.15, 0.2) is 0 Å². The van der Waals surface area contributed by atoms with E-state index in [1.807, 2.05) is 18.2 Å². The third kappa shape index (κ3) is 4.62. The summed E-state index contributed by atoms with van der Waals surface area (Å²) >= 11 is 0. The van der Waals surface area contributed by atoms with E-state index in [2.05, 4.69) is 49.7 Å². The Bertz CT molecular complexity index is 762. The maximum atomic E-state index is 6.26. The molecule has 4 nitrogen and oxygen atoms in total. The Balaban J connectivity index is 1.81. The van der Waals surface area contributed by atoms with Gasteiger partial charge in [-0.25, -0.2) is 4.98 Å². The molecule has 1 aromatic carbocycles. The minimum absolute atomic E-state index is 0.527. The summed E-state index contributed by atoms with van der Waals surface area (Å²) in [5.41, 5.74) is 10.8. The second-order valence-electron chi connectivity index (χ2n) is 8.00. The van der Waals surface area contributed by atoms with Gasteiger partial charge in [-0.3, -0.25) is 4.90 Å². The van der Waals surface area contributed by atoms with Crippen molar-refractivity contribution in [2.24, 2.45) is 0 Å². The molecule has 27 heavy (non-hydrogen) atoms. The van der Waals surface area contributed by atoms with E-state index in [9.17, 15) is 0 Å². The Morgan fingerprint density at radius 1 is 1.00 bits per heavy atom. The molecule has 2 N–H and O–H groups in total. The average Bonchev–Trinajstić information content (AvgIpc) is 2.64. The Kier molecular flexibility index (Phi) is 6.38. The molecule has 0 unspecified atom stereocenters. The fraction of sp³-hybridized carbons (Fsp3) is 0.522. The van der Waals surface area contributed by atoms with Gasteiger partial charge in [0.1, 0.15) is 18.2 Å². The SMILES string of the molecule is CC(C)N(CCOc1ccc(-c2cccc(N)n2)c2c1CCCC2)C(C)C. The first kappa shape index (κ1) is 19.7. The number of benzene rings is 1. The lowest BCUT2D eigenvalue weighted by Crippen LogP contribution is -2.39. The molecule has 0 spiro atoms. The first-order chi connectivity index (χ1) is 13.0. The number of ether oxygens (including phenoxy) is 1. The summed E-state index contributed by atoms with van der Waals surface area (Å²) in [6, 6.07) is 11.2. The molecule has 0 saturated heterocycles. The highest BCUT2D eigenvalue weighted by atomic mass is 16.5. The van der Waals surface area contributed by atoms with Crippen molar-refractivity contribution in [3.63, 3.8) is 0 Å². The van der Waals surface area contributed by atoms with Crippen LogP contribution in [0.15, 0.2) is 30.3 Å². The first-order valence-corrected chi connectivity index (χ1v) is 10.2. The van der Waals surface area contributed by atoms with E-state index in [0.717, 1.165) is 37.4 Å². The van der Waals surface area contributed by atoms with Gasteiger partial charge in [0.2, 0.25) is 0 Å². The van der Waals surface area contributed by atoms with Crippen LogP contribution in [0.3, 0.4) is 0 Å². The number of pyridine rings is 1. The van der Waals surface area contributed by atoms with E-state index >= 15 is 0 Å². The number of hydrogen-bond donors (Lipinski definition) is 1. The van der Waals surface area contributed by atoms with E-state index in [0.29, 0.717) is 17.9 Å². The Morgan fingerprint density at radius 2 is 1.70 bits per heavy atom.